The van der Waals surface area contributed by atoms with E-state index < -0.39 is 0 Å². The minimum absolute atomic E-state index is 0.0900. The zero-order valence-corrected chi connectivity index (χ0v) is 12.3. The van der Waals surface area contributed by atoms with Gasteiger partial charge in [0.15, 0.2) is 0 Å². The van der Waals surface area contributed by atoms with Crippen LogP contribution in [0.2, 0.25) is 0 Å². The number of nitrogens with two attached hydrogens (primary N) is 1. The molecule has 0 heterocycles. The van der Waals surface area contributed by atoms with E-state index in [0.717, 1.165) is 36.8 Å². The Kier molecular flexibility index (Phi) is 5.56. The van der Waals surface area contributed by atoms with E-state index in [4.69, 9.17) is 5.73 Å². The molecular weight excluding hydrogens is 250 g/mol. The molecule has 20 heavy (non-hydrogen) atoms. The molecule has 0 spiro atoms. The number of nitrogens with one attached hydrogen (secondary N) is 1. The molecule has 0 aliphatic heterocycles. The molecule has 1 aliphatic rings. The van der Waals surface area contributed by atoms with Gasteiger partial charge < -0.3 is 11.1 Å². The topological polar surface area (TPSA) is 58.4 Å². The highest BCUT2D eigenvalue weighted by atomic mass is 16.1. The normalized spacial score (nSPS) is 14.6. The third kappa shape index (κ3) is 4.62. The SMILES string of the molecule is CCCN(CCC(=O)Nc1ccc(CN)cc1)C1CC1. The highest BCUT2D eigenvalue weighted by molar-refractivity contribution is 5.90. The van der Waals surface area contributed by atoms with E-state index in [2.05, 4.69) is 17.1 Å². The van der Waals surface area contributed by atoms with Crippen molar-refractivity contribution >= 4 is 11.6 Å². The molecule has 0 bridgehead atoms. The van der Waals surface area contributed by atoms with E-state index in [9.17, 15) is 4.79 Å². The van der Waals surface area contributed by atoms with E-state index >= 15 is 0 Å². The predicted octanol–water partition coefficient (Wildman–Crippen LogP) is 2.35. The fraction of sp³-hybridized carbons (Fsp3) is 0.562. The number of benzene rings is 1. The standard InChI is InChI=1S/C16H25N3O/c1-2-10-19(15-7-8-15)11-9-16(20)18-14-5-3-13(12-17)4-6-14/h3-6,15H,2,7-12,17H2,1H3,(H,18,20). The Labute approximate surface area is 121 Å². The van der Waals surface area contributed by atoms with E-state index in [0.29, 0.717) is 13.0 Å². The smallest absolute Gasteiger partial charge is 0.225 e. The zero-order chi connectivity index (χ0) is 14.4. The lowest BCUT2D eigenvalue weighted by molar-refractivity contribution is -0.116. The summed E-state index contributed by atoms with van der Waals surface area (Å²) in [5.74, 6) is 0.0900. The Morgan fingerprint density at radius 2 is 2.00 bits per heavy atom. The lowest BCUT2D eigenvalue weighted by atomic mass is 10.2. The van der Waals surface area contributed by atoms with Crippen LogP contribution in [0.4, 0.5) is 5.69 Å². The zero-order valence-electron chi connectivity index (χ0n) is 12.3. The van der Waals surface area contributed by atoms with Crippen LogP contribution in [0.15, 0.2) is 24.3 Å². The molecule has 4 nitrogen and oxygen atoms in total. The number of amides is 1. The first-order chi connectivity index (χ1) is 9.72. The van der Waals surface area contributed by atoms with Crippen molar-refractivity contribution in [1.82, 2.24) is 4.90 Å². The molecule has 0 saturated heterocycles. The maximum atomic E-state index is 12.0. The lowest BCUT2D eigenvalue weighted by Gasteiger charge is -2.20. The van der Waals surface area contributed by atoms with Crippen molar-refractivity contribution in [1.29, 1.82) is 0 Å². The van der Waals surface area contributed by atoms with Gasteiger partial charge in [-0.05, 0) is 43.5 Å². The number of nitrogens with zero attached hydrogens (tertiary/aromatic N) is 1. The minimum atomic E-state index is 0.0900. The van der Waals surface area contributed by atoms with Gasteiger partial charge in [0, 0.05) is 31.2 Å². The van der Waals surface area contributed by atoms with Crippen LogP contribution in [-0.4, -0.2) is 29.9 Å². The Hall–Kier alpha value is -1.39. The van der Waals surface area contributed by atoms with Gasteiger partial charge in [-0.2, -0.15) is 0 Å². The van der Waals surface area contributed by atoms with Crippen molar-refractivity contribution in [3.05, 3.63) is 29.8 Å². The lowest BCUT2D eigenvalue weighted by Crippen LogP contribution is -2.30. The summed E-state index contributed by atoms with van der Waals surface area (Å²) in [4.78, 5) is 14.4. The molecule has 110 valence electrons. The molecule has 3 N–H and O–H groups in total. The fourth-order valence-corrected chi connectivity index (χ4v) is 2.40. The first kappa shape index (κ1) is 15.0. The van der Waals surface area contributed by atoms with Crippen molar-refractivity contribution < 1.29 is 4.79 Å². The Morgan fingerprint density at radius 3 is 2.55 bits per heavy atom. The summed E-state index contributed by atoms with van der Waals surface area (Å²) in [7, 11) is 0. The number of carbonyl (C=O) groups is 1. The Balaban J connectivity index is 1.76. The third-order valence-corrected chi connectivity index (χ3v) is 3.67. The Morgan fingerprint density at radius 1 is 1.30 bits per heavy atom. The second kappa shape index (κ2) is 7.41. The van der Waals surface area contributed by atoms with Crippen molar-refractivity contribution in [3.63, 3.8) is 0 Å². The van der Waals surface area contributed by atoms with Gasteiger partial charge in [-0.25, -0.2) is 0 Å². The van der Waals surface area contributed by atoms with Crippen molar-refractivity contribution in [2.45, 2.75) is 45.2 Å². The molecule has 0 aromatic heterocycles. The highest BCUT2D eigenvalue weighted by Gasteiger charge is 2.28. The van der Waals surface area contributed by atoms with Gasteiger partial charge in [-0.3, -0.25) is 9.69 Å². The second-order valence-electron chi connectivity index (χ2n) is 5.47. The van der Waals surface area contributed by atoms with Crippen LogP contribution >= 0.6 is 0 Å². The average Bonchev–Trinajstić information content (AvgIpc) is 3.29. The van der Waals surface area contributed by atoms with Gasteiger partial charge in [0.25, 0.3) is 0 Å². The number of hydrogen-bond acceptors (Lipinski definition) is 3. The Bertz CT molecular complexity index is 426. The molecule has 1 aromatic rings. The summed E-state index contributed by atoms with van der Waals surface area (Å²) in [6.07, 6.45) is 4.30. The van der Waals surface area contributed by atoms with Crippen LogP contribution in [0, 0.1) is 0 Å². The predicted molar refractivity (Wildman–Crippen MR) is 82.5 cm³/mol. The fourth-order valence-electron chi connectivity index (χ4n) is 2.40. The van der Waals surface area contributed by atoms with Crippen LogP contribution in [-0.2, 0) is 11.3 Å². The van der Waals surface area contributed by atoms with Crippen LogP contribution in [0.25, 0.3) is 0 Å². The monoisotopic (exact) mass is 275 g/mol. The first-order valence-electron chi connectivity index (χ1n) is 7.56. The van der Waals surface area contributed by atoms with Gasteiger partial charge >= 0.3 is 0 Å². The van der Waals surface area contributed by atoms with Crippen LogP contribution < -0.4 is 11.1 Å². The first-order valence-corrected chi connectivity index (χ1v) is 7.56. The second-order valence-corrected chi connectivity index (χ2v) is 5.47. The van der Waals surface area contributed by atoms with Gasteiger partial charge in [0.05, 0.1) is 0 Å². The summed E-state index contributed by atoms with van der Waals surface area (Å²) < 4.78 is 0. The van der Waals surface area contributed by atoms with Gasteiger partial charge in [-0.1, -0.05) is 19.1 Å². The van der Waals surface area contributed by atoms with Crippen LogP contribution in [0.5, 0.6) is 0 Å². The molecule has 0 radical (unpaired) electrons. The van der Waals surface area contributed by atoms with Crippen molar-refractivity contribution in [2.24, 2.45) is 5.73 Å². The van der Waals surface area contributed by atoms with Gasteiger partial charge in [-0.15, -0.1) is 0 Å². The number of rotatable bonds is 8. The van der Waals surface area contributed by atoms with Gasteiger partial charge in [0.1, 0.15) is 0 Å². The molecule has 0 unspecified atom stereocenters. The summed E-state index contributed by atoms with van der Waals surface area (Å²) in [5, 5.41) is 2.94. The molecular formula is C16H25N3O. The molecule has 0 atom stereocenters. The average molecular weight is 275 g/mol. The summed E-state index contributed by atoms with van der Waals surface area (Å²) in [6, 6.07) is 8.44. The molecule has 1 saturated carbocycles. The minimum Gasteiger partial charge on any atom is -0.326 e. The van der Waals surface area contributed by atoms with E-state index in [1.807, 2.05) is 24.3 Å². The van der Waals surface area contributed by atoms with Crippen molar-refractivity contribution in [3.8, 4) is 0 Å². The van der Waals surface area contributed by atoms with Gasteiger partial charge in [0.2, 0.25) is 5.91 Å². The van der Waals surface area contributed by atoms with E-state index in [1.165, 1.54) is 12.8 Å². The number of anilines is 1. The maximum absolute atomic E-state index is 12.0. The molecule has 1 aliphatic carbocycles. The van der Waals surface area contributed by atoms with E-state index in [1.54, 1.807) is 0 Å². The van der Waals surface area contributed by atoms with Crippen LogP contribution in [0.3, 0.4) is 0 Å². The number of hydrogen-bond donors (Lipinski definition) is 2. The molecule has 1 aromatic carbocycles. The summed E-state index contributed by atoms with van der Waals surface area (Å²) in [6.45, 7) is 4.68. The number of carbonyl (C=O) groups excluding carboxylic acids is 1. The largest absolute Gasteiger partial charge is 0.326 e. The summed E-state index contributed by atoms with van der Waals surface area (Å²) >= 11 is 0. The summed E-state index contributed by atoms with van der Waals surface area (Å²) in [5.41, 5.74) is 7.47. The quantitative estimate of drug-likeness (QED) is 0.765. The third-order valence-electron chi connectivity index (χ3n) is 3.67. The molecule has 4 heteroatoms. The molecule has 1 fully saturated rings. The maximum Gasteiger partial charge on any atom is 0.225 e. The molecule has 2 rings (SSSR count). The van der Waals surface area contributed by atoms with Crippen molar-refractivity contribution in [2.75, 3.05) is 18.4 Å². The molecule has 1 amide bonds. The highest BCUT2D eigenvalue weighted by Crippen LogP contribution is 2.26. The van der Waals surface area contributed by atoms with Crippen LogP contribution in [0.1, 0.15) is 38.2 Å². The van der Waals surface area contributed by atoms with E-state index in [-0.39, 0.29) is 5.91 Å².